The highest BCUT2D eigenvalue weighted by Crippen LogP contribution is 2.29. The van der Waals surface area contributed by atoms with E-state index in [1.807, 2.05) is 36.0 Å². The van der Waals surface area contributed by atoms with Gasteiger partial charge in [0, 0.05) is 17.8 Å². The van der Waals surface area contributed by atoms with Crippen LogP contribution in [0, 0.1) is 0 Å². The minimum atomic E-state index is -0.0895. The quantitative estimate of drug-likeness (QED) is 0.844. The highest BCUT2D eigenvalue weighted by atomic mass is 32.2. The standard InChI is InChI=1S/C17H23N5OS/c1-2-24-16-7-6-14(9-16)21-17(23)19-10-13-4-3-5-15(8-13)22-12-18-11-20-22/h3-5,8,11-12,14,16H,2,6-7,9-10H2,1H3,(H2,19,21,23)/t14-,16-/m0/s1. The summed E-state index contributed by atoms with van der Waals surface area (Å²) in [6.45, 7) is 2.68. The zero-order chi connectivity index (χ0) is 16.8. The van der Waals surface area contributed by atoms with E-state index in [4.69, 9.17) is 0 Å². The van der Waals surface area contributed by atoms with Gasteiger partial charge in [-0.3, -0.25) is 0 Å². The summed E-state index contributed by atoms with van der Waals surface area (Å²) in [5.74, 6) is 1.14. The Bertz CT molecular complexity index is 661. The van der Waals surface area contributed by atoms with Crippen molar-refractivity contribution in [3.63, 3.8) is 0 Å². The molecule has 0 radical (unpaired) electrons. The van der Waals surface area contributed by atoms with Crippen LogP contribution in [0.5, 0.6) is 0 Å². The van der Waals surface area contributed by atoms with E-state index in [2.05, 4.69) is 27.6 Å². The number of amides is 2. The Hall–Kier alpha value is -2.02. The third kappa shape index (κ3) is 4.50. The number of thioether (sulfide) groups is 1. The molecule has 2 amide bonds. The Morgan fingerprint density at radius 2 is 2.33 bits per heavy atom. The number of nitrogens with one attached hydrogen (secondary N) is 2. The number of hydrogen-bond acceptors (Lipinski definition) is 4. The molecule has 7 heteroatoms. The smallest absolute Gasteiger partial charge is 0.315 e. The fourth-order valence-corrected chi connectivity index (χ4v) is 4.17. The average molecular weight is 345 g/mol. The number of rotatable bonds is 6. The first-order valence-corrected chi connectivity index (χ1v) is 9.39. The molecule has 0 unspecified atom stereocenters. The Kier molecular flexibility index (Phi) is 5.74. The van der Waals surface area contributed by atoms with Gasteiger partial charge in [-0.2, -0.15) is 16.9 Å². The van der Waals surface area contributed by atoms with Crippen molar-refractivity contribution in [3.8, 4) is 5.69 Å². The lowest BCUT2D eigenvalue weighted by Crippen LogP contribution is -2.40. The van der Waals surface area contributed by atoms with Gasteiger partial charge in [-0.15, -0.1) is 0 Å². The first kappa shape index (κ1) is 16.8. The van der Waals surface area contributed by atoms with Gasteiger partial charge in [0.25, 0.3) is 0 Å². The van der Waals surface area contributed by atoms with Crippen molar-refractivity contribution < 1.29 is 4.79 Å². The van der Waals surface area contributed by atoms with Crippen molar-refractivity contribution >= 4 is 17.8 Å². The second kappa shape index (κ2) is 8.19. The molecule has 1 heterocycles. The molecule has 1 aromatic heterocycles. The fraction of sp³-hybridized carbons (Fsp3) is 0.471. The average Bonchev–Trinajstić information content (AvgIpc) is 3.26. The van der Waals surface area contributed by atoms with Crippen LogP contribution in [-0.2, 0) is 6.54 Å². The Morgan fingerprint density at radius 1 is 1.42 bits per heavy atom. The third-order valence-electron chi connectivity index (χ3n) is 4.17. The van der Waals surface area contributed by atoms with Crippen LogP contribution in [0.1, 0.15) is 31.7 Å². The first-order valence-electron chi connectivity index (χ1n) is 8.34. The van der Waals surface area contributed by atoms with E-state index < -0.39 is 0 Å². The fourth-order valence-electron chi connectivity index (χ4n) is 3.03. The second-order valence-electron chi connectivity index (χ2n) is 5.92. The van der Waals surface area contributed by atoms with E-state index in [1.165, 1.54) is 12.7 Å². The van der Waals surface area contributed by atoms with E-state index in [1.54, 1.807) is 11.0 Å². The van der Waals surface area contributed by atoms with E-state index in [-0.39, 0.29) is 6.03 Å². The minimum Gasteiger partial charge on any atom is -0.335 e. The number of aromatic nitrogens is 3. The number of benzene rings is 1. The van der Waals surface area contributed by atoms with E-state index >= 15 is 0 Å². The van der Waals surface area contributed by atoms with Crippen LogP contribution in [0.4, 0.5) is 4.79 Å². The Labute approximate surface area is 146 Å². The van der Waals surface area contributed by atoms with Crippen LogP contribution in [-0.4, -0.2) is 37.8 Å². The summed E-state index contributed by atoms with van der Waals surface area (Å²) in [4.78, 5) is 16.0. The maximum Gasteiger partial charge on any atom is 0.315 e. The van der Waals surface area contributed by atoms with Gasteiger partial charge in [0.05, 0.1) is 5.69 Å². The van der Waals surface area contributed by atoms with Crippen molar-refractivity contribution in [1.82, 2.24) is 25.4 Å². The van der Waals surface area contributed by atoms with Gasteiger partial charge in [0.2, 0.25) is 0 Å². The summed E-state index contributed by atoms with van der Waals surface area (Å²) in [5.41, 5.74) is 1.96. The van der Waals surface area contributed by atoms with Crippen LogP contribution >= 0.6 is 11.8 Å². The molecule has 1 aliphatic carbocycles. The lowest BCUT2D eigenvalue weighted by atomic mass is 10.2. The molecular formula is C17H23N5OS. The molecule has 1 saturated carbocycles. The van der Waals surface area contributed by atoms with Crippen LogP contribution in [0.15, 0.2) is 36.9 Å². The molecule has 2 atom stereocenters. The van der Waals surface area contributed by atoms with E-state index in [0.717, 1.165) is 29.8 Å². The molecule has 1 aromatic carbocycles. The zero-order valence-electron chi connectivity index (χ0n) is 13.8. The molecule has 0 bridgehead atoms. The predicted molar refractivity (Wildman–Crippen MR) is 96.3 cm³/mol. The van der Waals surface area contributed by atoms with Crippen LogP contribution < -0.4 is 10.6 Å². The maximum atomic E-state index is 12.1. The Balaban J connectivity index is 1.47. The molecule has 6 nitrogen and oxygen atoms in total. The van der Waals surface area contributed by atoms with Crippen molar-refractivity contribution in [2.24, 2.45) is 0 Å². The minimum absolute atomic E-state index is 0.0895. The second-order valence-corrected chi connectivity index (χ2v) is 7.50. The Morgan fingerprint density at radius 3 is 3.12 bits per heavy atom. The predicted octanol–water partition coefficient (Wildman–Crippen LogP) is 2.74. The molecule has 0 aliphatic heterocycles. The van der Waals surface area contributed by atoms with Gasteiger partial charge in [0.15, 0.2) is 0 Å². The number of carbonyl (C=O) groups excluding carboxylic acids is 1. The van der Waals surface area contributed by atoms with Gasteiger partial charge in [-0.05, 0) is 42.7 Å². The van der Waals surface area contributed by atoms with Crippen molar-refractivity contribution in [3.05, 3.63) is 42.5 Å². The van der Waals surface area contributed by atoms with Crippen LogP contribution in [0.25, 0.3) is 5.69 Å². The first-order chi connectivity index (χ1) is 11.7. The number of hydrogen-bond donors (Lipinski definition) is 2. The summed E-state index contributed by atoms with van der Waals surface area (Å²) < 4.78 is 1.70. The van der Waals surface area contributed by atoms with Gasteiger partial charge in [-0.25, -0.2) is 14.5 Å². The molecule has 2 aromatic rings. The SMILES string of the molecule is CCS[C@H]1CC[C@H](NC(=O)NCc2cccc(-n3cncn3)c2)C1. The molecule has 0 spiro atoms. The van der Waals surface area contributed by atoms with Gasteiger partial charge >= 0.3 is 6.03 Å². The maximum absolute atomic E-state index is 12.1. The monoisotopic (exact) mass is 345 g/mol. The van der Waals surface area contributed by atoms with E-state index in [0.29, 0.717) is 17.8 Å². The molecule has 3 rings (SSSR count). The van der Waals surface area contributed by atoms with Crippen LogP contribution in [0.2, 0.25) is 0 Å². The highest BCUT2D eigenvalue weighted by Gasteiger charge is 2.25. The molecule has 1 aliphatic rings. The molecule has 24 heavy (non-hydrogen) atoms. The summed E-state index contributed by atoms with van der Waals surface area (Å²) in [6.07, 6.45) is 6.51. The topological polar surface area (TPSA) is 71.8 Å². The lowest BCUT2D eigenvalue weighted by molar-refractivity contribution is 0.236. The highest BCUT2D eigenvalue weighted by molar-refractivity contribution is 7.99. The van der Waals surface area contributed by atoms with Crippen LogP contribution in [0.3, 0.4) is 0 Å². The summed E-state index contributed by atoms with van der Waals surface area (Å²) in [5, 5.41) is 10.8. The van der Waals surface area contributed by atoms with Crippen molar-refractivity contribution in [2.45, 2.75) is 44.0 Å². The summed E-state index contributed by atoms with van der Waals surface area (Å²) in [7, 11) is 0. The molecular weight excluding hydrogens is 322 g/mol. The normalized spacial score (nSPS) is 20.0. The summed E-state index contributed by atoms with van der Waals surface area (Å²) >= 11 is 2.00. The zero-order valence-corrected chi connectivity index (χ0v) is 14.6. The number of urea groups is 1. The summed E-state index contributed by atoms with van der Waals surface area (Å²) in [6, 6.07) is 8.12. The van der Waals surface area contributed by atoms with Crippen molar-refractivity contribution in [1.29, 1.82) is 0 Å². The van der Waals surface area contributed by atoms with Gasteiger partial charge in [0.1, 0.15) is 12.7 Å². The van der Waals surface area contributed by atoms with Gasteiger partial charge in [-0.1, -0.05) is 19.1 Å². The lowest BCUT2D eigenvalue weighted by Gasteiger charge is -2.14. The molecule has 2 N–H and O–H groups in total. The van der Waals surface area contributed by atoms with Gasteiger partial charge < -0.3 is 10.6 Å². The molecule has 128 valence electrons. The largest absolute Gasteiger partial charge is 0.335 e. The molecule has 0 saturated heterocycles. The molecule has 1 fully saturated rings. The number of nitrogens with zero attached hydrogens (tertiary/aromatic N) is 3. The third-order valence-corrected chi connectivity index (χ3v) is 5.40. The number of carbonyl (C=O) groups is 1. The van der Waals surface area contributed by atoms with Crippen molar-refractivity contribution in [2.75, 3.05) is 5.75 Å². The van der Waals surface area contributed by atoms with E-state index in [9.17, 15) is 4.79 Å².